The van der Waals surface area contributed by atoms with Crippen LogP contribution in [-0.4, -0.2) is 43.0 Å². The van der Waals surface area contributed by atoms with E-state index >= 15 is 0 Å². The number of fused-ring (bicyclic) bond motifs is 2. The number of ether oxygens (including phenoxy) is 1. The van der Waals surface area contributed by atoms with Gasteiger partial charge in [-0.3, -0.25) is 9.69 Å². The molecular formula is C19H27NO2. The molecule has 120 valence electrons. The molecule has 0 N–H and O–H groups in total. The van der Waals surface area contributed by atoms with Gasteiger partial charge >= 0.3 is 0 Å². The van der Waals surface area contributed by atoms with Crippen molar-refractivity contribution in [3.8, 4) is 0 Å². The SMILES string of the molecule is CC(C)c1ccc(CC(=O)C2CC3COCC(C2)N3C)cc1. The van der Waals surface area contributed by atoms with Crippen LogP contribution in [0, 0.1) is 5.92 Å². The highest BCUT2D eigenvalue weighted by Crippen LogP contribution is 2.31. The van der Waals surface area contributed by atoms with Crippen molar-refractivity contribution in [1.29, 1.82) is 0 Å². The smallest absolute Gasteiger partial charge is 0.140 e. The Labute approximate surface area is 133 Å². The molecule has 2 unspecified atom stereocenters. The summed E-state index contributed by atoms with van der Waals surface area (Å²) >= 11 is 0. The van der Waals surface area contributed by atoms with Crippen molar-refractivity contribution in [1.82, 2.24) is 4.90 Å². The van der Waals surface area contributed by atoms with Gasteiger partial charge in [0.25, 0.3) is 0 Å². The maximum absolute atomic E-state index is 12.7. The van der Waals surface area contributed by atoms with Crippen molar-refractivity contribution >= 4 is 5.78 Å². The zero-order valence-corrected chi connectivity index (χ0v) is 13.9. The highest BCUT2D eigenvalue weighted by Gasteiger charge is 2.39. The second-order valence-corrected chi connectivity index (χ2v) is 7.22. The Morgan fingerprint density at radius 1 is 1.18 bits per heavy atom. The molecule has 2 bridgehead atoms. The van der Waals surface area contributed by atoms with Gasteiger partial charge in [-0.25, -0.2) is 0 Å². The van der Waals surface area contributed by atoms with Crippen LogP contribution in [0.4, 0.5) is 0 Å². The highest BCUT2D eigenvalue weighted by molar-refractivity contribution is 5.83. The predicted molar refractivity (Wildman–Crippen MR) is 88.1 cm³/mol. The van der Waals surface area contributed by atoms with Crippen molar-refractivity contribution in [2.24, 2.45) is 5.92 Å². The molecule has 2 heterocycles. The summed E-state index contributed by atoms with van der Waals surface area (Å²) in [5, 5.41) is 0. The van der Waals surface area contributed by atoms with E-state index in [1.165, 1.54) is 5.56 Å². The van der Waals surface area contributed by atoms with Crippen LogP contribution in [0.5, 0.6) is 0 Å². The maximum Gasteiger partial charge on any atom is 0.140 e. The summed E-state index contributed by atoms with van der Waals surface area (Å²) in [6.07, 6.45) is 2.48. The van der Waals surface area contributed by atoms with Gasteiger partial charge in [-0.05, 0) is 36.9 Å². The molecule has 3 rings (SSSR count). The van der Waals surface area contributed by atoms with Gasteiger partial charge in [0.2, 0.25) is 0 Å². The maximum atomic E-state index is 12.7. The molecule has 0 amide bonds. The lowest BCUT2D eigenvalue weighted by atomic mass is 9.81. The van der Waals surface area contributed by atoms with Crippen LogP contribution in [0.3, 0.4) is 0 Å². The van der Waals surface area contributed by atoms with E-state index in [1.807, 2.05) is 0 Å². The fourth-order valence-electron chi connectivity index (χ4n) is 3.72. The minimum Gasteiger partial charge on any atom is -0.378 e. The van der Waals surface area contributed by atoms with E-state index in [4.69, 9.17) is 4.74 Å². The second kappa shape index (κ2) is 6.51. The average molecular weight is 301 g/mol. The minimum absolute atomic E-state index is 0.208. The molecule has 2 aliphatic rings. The lowest BCUT2D eigenvalue weighted by molar-refractivity contribution is -0.130. The summed E-state index contributed by atoms with van der Waals surface area (Å²) in [6, 6.07) is 9.39. The second-order valence-electron chi connectivity index (χ2n) is 7.22. The fraction of sp³-hybridized carbons (Fsp3) is 0.632. The first-order chi connectivity index (χ1) is 10.5. The molecule has 2 saturated heterocycles. The van der Waals surface area contributed by atoms with Gasteiger partial charge < -0.3 is 4.74 Å². The van der Waals surface area contributed by atoms with Crippen LogP contribution in [0.1, 0.15) is 43.7 Å². The number of carbonyl (C=O) groups excluding carboxylic acids is 1. The van der Waals surface area contributed by atoms with Crippen LogP contribution < -0.4 is 0 Å². The van der Waals surface area contributed by atoms with Crippen LogP contribution >= 0.6 is 0 Å². The first-order valence-corrected chi connectivity index (χ1v) is 8.46. The lowest BCUT2D eigenvalue weighted by Gasteiger charge is -2.46. The predicted octanol–water partition coefficient (Wildman–Crippen LogP) is 3.03. The van der Waals surface area contributed by atoms with Gasteiger partial charge in [0.05, 0.1) is 13.2 Å². The van der Waals surface area contributed by atoms with E-state index in [0.29, 0.717) is 30.2 Å². The number of nitrogens with zero attached hydrogens (tertiary/aromatic N) is 1. The monoisotopic (exact) mass is 301 g/mol. The number of carbonyl (C=O) groups is 1. The van der Waals surface area contributed by atoms with Crippen LogP contribution in [0.2, 0.25) is 0 Å². The summed E-state index contributed by atoms with van der Waals surface area (Å²) < 4.78 is 5.64. The fourth-order valence-corrected chi connectivity index (χ4v) is 3.72. The number of rotatable bonds is 4. The third kappa shape index (κ3) is 3.26. The third-order valence-corrected chi connectivity index (χ3v) is 5.37. The number of hydrogen-bond donors (Lipinski definition) is 0. The van der Waals surface area contributed by atoms with E-state index in [0.717, 1.165) is 31.6 Å². The van der Waals surface area contributed by atoms with Gasteiger partial charge in [0.15, 0.2) is 0 Å². The van der Waals surface area contributed by atoms with Gasteiger partial charge in [0, 0.05) is 24.4 Å². The molecule has 3 heteroatoms. The number of benzene rings is 1. The lowest BCUT2D eigenvalue weighted by Crippen LogP contribution is -2.55. The Kier molecular flexibility index (Phi) is 4.65. The third-order valence-electron chi connectivity index (χ3n) is 5.37. The number of piperidine rings is 1. The van der Waals surface area contributed by atoms with E-state index < -0.39 is 0 Å². The molecule has 0 saturated carbocycles. The summed E-state index contributed by atoms with van der Waals surface area (Å²) in [6.45, 7) is 5.94. The zero-order valence-electron chi connectivity index (χ0n) is 13.9. The summed E-state index contributed by atoms with van der Waals surface area (Å²) in [5.41, 5.74) is 2.48. The molecule has 1 aromatic carbocycles. The standard InChI is InChI=1S/C19H27NO2/c1-13(2)15-6-4-14(5-7-15)8-19(21)16-9-17-11-22-12-18(10-16)20(17)3/h4-7,13,16-18H,8-12H2,1-3H3. The average Bonchev–Trinajstić information content (AvgIpc) is 2.47. The Morgan fingerprint density at radius 3 is 2.32 bits per heavy atom. The summed E-state index contributed by atoms with van der Waals surface area (Å²) in [7, 11) is 2.17. The molecule has 2 aliphatic heterocycles. The molecule has 3 nitrogen and oxygen atoms in total. The Morgan fingerprint density at radius 2 is 1.77 bits per heavy atom. The molecule has 0 aromatic heterocycles. The Balaban J connectivity index is 1.62. The Hall–Kier alpha value is -1.19. The van der Waals surface area contributed by atoms with E-state index in [1.54, 1.807) is 0 Å². The van der Waals surface area contributed by atoms with Crippen LogP contribution in [0.15, 0.2) is 24.3 Å². The van der Waals surface area contributed by atoms with E-state index in [-0.39, 0.29) is 5.92 Å². The number of morpholine rings is 1. The minimum atomic E-state index is 0.208. The van der Waals surface area contributed by atoms with Crippen molar-refractivity contribution in [3.63, 3.8) is 0 Å². The molecule has 1 aromatic rings. The van der Waals surface area contributed by atoms with Crippen molar-refractivity contribution in [2.75, 3.05) is 20.3 Å². The zero-order chi connectivity index (χ0) is 15.7. The quantitative estimate of drug-likeness (QED) is 0.856. The van der Waals surface area contributed by atoms with Gasteiger partial charge in [-0.1, -0.05) is 38.1 Å². The first-order valence-electron chi connectivity index (χ1n) is 8.46. The largest absolute Gasteiger partial charge is 0.378 e. The van der Waals surface area contributed by atoms with E-state index in [9.17, 15) is 4.79 Å². The van der Waals surface area contributed by atoms with Crippen molar-refractivity contribution < 1.29 is 9.53 Å². The van der Waals surface area contributed by atoms with Gasteiger partial charge in [0.1, 0.15) is 5.78 Å². The number of ketones is 1. The van der Waals surface area contributed by atoms with Crippen LogP contribution in [-0.2, 0) is 16.0 Å². The van der Waals surface area contributed by atoms with E-state index in [2.05, 4.69) is 50.1 Å². The molecule has 0 aliphatic carbocycles. The topological polar surface area (TPSA) is 29.5 Å². The molecule has 2 atom stereocenters. The van der Waals surface area contributed by atoms with Crippen molar-refractivity contribution in [3.05, 3.63) is 35.4 Å². The molecule has 2 fully saturated rings. The van der Waals surface area contributed by atoms with Gasteiger partial charge in [-0.2, -0.15) is 0 Å². The highest BCUT2D eigenvalue weighted by atomic mass is 16.5. The van der Waals surface area contributed by atoms with Crippen LogP contribution in [0.25, 0.3) is 0 Å². The molecule has 0 spiro atoms. The number of hydrogen-bond acceptors (Lipinski definition) is 3. The molecule has 22 heavy (non-hydrogen) atoms. The summed E-state index contributed by atoms with van der Waals surface area (Å²) in [5.74, 6) is 1.15. The van der Waals surface area contributed by atoms with Crippen molar-refractivity contribution in [2.45, 2.75) is 51.1 Å². The number of Topliss-reactive ketones (excluding diaryl/α,β-unsaturated/α-hetero) is 1. The molecular weight excluding hydrogens is 274 g/mol. The van der Waals surface area contributed by atoms with Gasteiger partial charge in [-0.15, -0.1) is 0 Å². The summed E-state index contributed by atoms with van der Waals surface area (Å²) in [4.78, 5) is 15.1. The number of likely N-dealkylation sites (N-methyl/N-ethyl adjacent to an activating group) is 1. The Bertz CT molecular complexity index is 509. The molecule has 0 radical (unpaired) electrons. The first kappa shape index (κ1) is 15.7. The normalized spacial score (nSPS) is 28.8.